The number of benzene rings is 1. The summed E-state index contributed by atoms with van der Waals surface area (Å²) in [5.41, 5.74) is 1.61. The van der Waals surface area contributed by atoms with Gasteiger partial charge in [-0.1, -0.05) is 19.1 Å². The number of carbonyl (C=O) groups excluding carboxylic acids is 1. The zero-order valence-electron chi connectivity index (χ0n) is 9.11. The van der Waals surface area contributed by atoms with Crippen LogP contribution in [0.4, 0.5) is 0 Å². The zero-order chi connectivity index (χ0) is 11.0. The standard InChI is InChI=1S/C12H14O3/c1-7-8(2)15-11-9(7)5-4-6-10(11)12(13)14-3/h4-8H,1-3H3/t7-,8-/m1/s1. The van der Waals surface area contributed by atoms with Gasteiger partial charge in [0.15, 0.2) is 0 Å². The van der Waals surface area contributed by atoms with E-state index in [1.807, 2.05) is 19.1 Å². The summed E-state index contributed by atoms with van der Waals surface area (Å²) in [5.74, 6) is 0.669. The summed E-state index contributed by atoms with van der Waals surface area (Å²) >= 11 is 0. The van der Waals surface area contributed by atoms with Crippen LogP contribution in [0, 0.1) is 0 Å². The first-order chi connectivity index (χ1) is 7.15. The van der Waals surface area contributed by atoms with Crippen molar-refractivity contribution in [2.75, 3.05) is 7.11 Å². The van der Waals surface area contributed by atoms with Gasteiger partial charge < -0.3 is 9.47 Å². The molecule has 0 N–H and O–H groups in total. The molecular weight excluding hydrogens is 192 g/mol. The third-order valence-corrected chi connectivity index (χ3v) is 2.95. The van der Waals surface area contributed by atoms with Gasteiger partial charge in [-0.3, -0.25) is 0 Å². The van der Waals surface area contributed by atoms with Crippen LogP contribution in [0.3, 0.4) is 0 Å². The maximum atomic E-state index is 11.5. The number of hydrogen-bond donors (Lipinski definition) is 0. The van der Waals surface area contributed by atoms with Crippen LogP contribution < -0.4 is 4.74 Å². The number of hydrogen-bond acceptors (Lipinski definition) is 3. The molecule has 3 heteroatoms. The Kier molecular flexibility index (Phi) is 2.39. The van der Waals surface area contributed by atoms with E-state index in [9.17, 15) is 4.79 Å². The number of ether oxygens (including phenoxy) is 2. The molecule has 0 amide bonds. The van der Waals surface area contributed by atoms with Crippen LogP contribution in [-0.4, -0.2) is 19.2 Å². The molecule has 0 aromatic heterocycles. The van der Waals surface area contributed by atoms with Crippen molar-refractivity contribution in [1.82, 2.24) is 0 Å². The highest BCUT2D eigenvalue weighted by Gasteiger charge is 2.31. The lowest BCUT2D eigenvalue weighted by Crippen LogP contribution is -2.11. The predicted octanol–water partition coefficient (Wildman–Crippen LogP) is 2.36. The summed E-state index contributed by atoms with van der Waals surface area (Å²) in [6.45, 7) is 4.10. The SMILES string of the molecule is COC(=O)c1cccc2c1O[C@H](C)[C@H]2C. The molecule has 0 radical (unpaired) electrons. The molecule has 0 aliphatic carbocycles. The number of rotatable bonds is 1. The molecular formula is C12H14O3. The molecule has 0 bridgehead atoms. The molecule has 0 saturated heterocycles. The van der Waals surface area contributed by atoms with Gasteiger partial charge in [-0.25, -0.2) is 4.79 Å². The molecule has 1 aromatic carbocycles. The monoisotopic (exact) mass is 206 g/mol. The Labute approximate surface area is 89.0 Å². The van der Waals surface area contributed by atoms with Crippen molar-refractivity contribution in [3.8, 4) is 5.75 Å². The number of fused-ring (bicyclic) bond motifs is 1. The van der Waals surface area contributed by atoms with Crippen molar-refractivity contribution in [3.63, 3.8) is 0 Å². The maximum Gasteiger partial charge on any atom is 0.341 e. The Morgan fingerprint density at radius 3 is 2.80 bits per heavy atom. The molecule has 3 nitrogen and oxygen atoms in total. The summed E-state index contributed by atoms with van der Waals surface area (Å²) in [6.07, 6.45) is 0.116. The molecule has 0 saturated carbocycles. The number of para-hydroxylation sites is 1. The Hall–Kier alpha value is -1.51. The van der Waals surface area contributed by atoms with E-state index in [1.165, 1.54) is 7.11 Å². The Bertz CT molecular complexity index is 398. The second kappa shape index (κ2) is 3.57. The quantitative estimate of drug-likeness (QED) is 0.662. The van der Waals surface area contributed by atoms with E-state index in [4.69, 9.17) is 9.47 Å². The molecule has 1 aliphatic heterocycles. The van der Waals surface area contributed by atoms with E-state index in [2.05, 4.69) is 6.92 Å². The molecule has 0 fully saturated rings. The summed E-state index contributed by atoms with van der Waals surface area (Å²) in [5, 5.41) is 0. The third-order valence-electron chi connectivity index (χ3n) is 2.95. The van der Waals surface area contributed by atoms with Crippen LogP contribution in [0.2, 0.25) is 0 Å². The summed E-state index contributed by atoms with van der Waals surface area (Å²) in [7, 11) is 1.38. The van der Waals surface area contributed by atoms with Crippen molar-refractivity contribution in [2.45, 2.75) is 25.9 Å². The molecule has 1 heterocycles. The van der Waals surface area contributed by atoms with E-state index in [-0.39, 0.29) is 12.1 Å². The van der Waals surface area contributed by atoms with Gasteiger partial charge in [0, 0.05) is 11.5 Å². The van der Waals surface area contributed by atoms with Crippen LogP contribution in [0.5, 0.6) is 5.75 Å². The molecule has 0 spiro atoms. The molecule has 80 valence electrons. The van der Waals surface area contributed by atoms with Gasteiger partial charge in [0.05, 0.1) is 7.11 Å². The van der Waals surface area contributed by atoms with Crippen LogP contribution in [0.1, 0.15) is 35.7 Å². The second-order valence-electron chi connectivity index (χ2n) is 3.83. The normalized spacial score (nSPS) is 23.1. The molecule has 15 heavy (non-hydrogen) atoms. The average Bonchev–Trinajstić information content (AvgIpc) is 2.54. The largest absolute Gasteiger partial charge is 0.489 e. The van der Waals surface area contributed by atoms with Gasteiger partial charge in [0.25, 0.3) is 0 Å². The fourth-order valence-corrected chi connectivity index (χ4v) is 1.86. The lowest BCUT2D eigenvalue weighted by Gasteiger charge is -2.08. The smallest absolute Gasteiger partial charge is 0.341 e. The fourth-order valence-electron chi connectivity index (χ4n) is 1.86. The highest BCUT2D eigenvalue weighted by Crippen LogP contribution is 2.40. The fraction of sp³-hybridized carbons (Fsp3) is 0.417. The van der Waals surface area contributed by atoms with E-state index in [0.29, 0.717) is 17.2 Å². The van der Waals surface area contributed by atoms with Crippen molar-refractivity contribution in [2.24, 2.45) is 0 Å². The molecule has 1 aliphatic rings. The predicted molar refractivity (Wildman–Crippen MR) is 56.3 cm³/mol. The van der Waals surface area contributed by atoms with Crippen molar-refractivity contribution >= 4 is 5.97 Å². The lowest BCUT2D eigenvalue weighted by atomic mass is 9.97. The van der Waals surface area contributed by atoms with Crippen LogP contribution in [0.25, 0.3) is 0 Å². The second-order valence-corrected chi connectivity index (χ2v) is 3.83. The van der Waals surface area contributed by atoms with Gasteiger partial charge in [-0.2, -0.15) is 0 Å². The lowest BCUT2D eigenvalue weighted by molar-refractivity contribution is 0.0595. The van der Waals surface area contributed by atoms with Gasteiger partial charge in [-0.05, 0) is 13.0 Å². The highest BCUT2D eigenvalue weighted by atomic mass is 16.5. The molecule has 2 atom stereocenters. The highest BCUT2D eigenvalue weighted by molar-refractivity contribution is 5.93. The van der Waals surface area contributed by atoms with E-state index >= 15 is 0 Å². The number of esters is 1. The molecule has 0 unspecified atom stereocenters. The van der Waals surface area contributed by atoms with Crippen LogP contribution >= 0.6 is 0 Å². The van der Waals surface area contributed by atoms with E-state index in [0.717, 1.165) is 5.56 Å². The Balaban J connectivity index is 2.49. The van der Waals surface area contributed by atoms with E-state index in [1.54, 1.807) is 6.07 Å². The Morgan fingerprint density at radius 2 is 2.13 bits per heavy atom. The third kappa shape index (κ3) is 1.48. The van der Waals surface area contributed by atoms with Gasteiger partial charge in [0.1, 0.15) is 17.4 Å². The first-order valence-corrected chi connectivity index (χ1v) is 5.03. The first-order valence-electron chi connectivity index (χ1n) is 5.03. The van der Waals surface area contributed by atoms with Crippen LogP contribution in [0.15, 0.2) is 18.2 Å². The minimum absolute atomic E-state index is 0.116. The summed E-state index contributed by atoms with van der Waals surface area (Å²) in [4.78, 5) is 11.5. The Morgan fingerprint density at radius 1 is 1.40 bits per heavy atom. The number of methoxy groups -OCH3 is 1. The minimum Gasteiger partial charge on any atom is -0.489 e. The van der Waals surface area contributed by atoms with Crippen molar-refractivity contribution in [1.29, 1.82) is 0 Å². The molecule has 2 rings (SSSR count). The maximum absolute atomic E-state index is 11.5. The minimum atomic E-state index is -0.340. The average molecular weight is 206 g/mol. The van der Waals surface area contributed by atoms with E-state index < -0.39 is 0 Å². The topological polar surface area (TPSA) is 35.5 Å². The van der Waals surface area contributed by atoms with Crippen molar-refractivity contribution < 1.29 is 14.3 Å². The zero-order valence-corrected chi connectivity index (χ0v) is 9.11. The van der Waals surface area contributed by atoms with Gasteiger partial charge >= 0.3 is 5.97 Å². The molecule has 1 aromatic rings. The van der Waals surface area contributed by atoms with Gasteiger partial charge in [-0.15, -0.1) is 0 Å². The first kappa shape index (κ1) is 10.0. The van der Waals surface area contributed by atoms with Gasteiger partial charge in [0.2, 0.25) is 0 Å². The van der Waals surface area contributed by atoms with Crippen molar-refractivity contribution in [3.05, 3.63) is 29.3 Å². The number of carbonyl (C=O) groups is 1. The summed E-state index contributed by atoms with van der Waals surface area (Å²) in [6, 6.07) is 5.59. The van der Waals surface area contributed by atoms with Crippen LogP contribution in [-0.2, 0) is 4.74 Å². The summed E-state index contributed by atoms with van der Waals surface area (Å²) < 4.78 is 10.4.